The number of carbonyl (C=O) groups excluding carboxylic acids is 1. The van der Waals surface area contributed by atoms with E-state index in [9.17, 15) is 9.18 Å². The van der Waals surface area contributed by atoms with Crippen molar-refractivity contribution < 1.29 is 9.18 Å². The molecule has 0 unspecified atom stereocenters. The van der Waals surface area contributed by atoms with Crippen LogP contribution in [0.5, 0.6) is 0 Å². The molecule has 3 rings (SSSR count). The molecule has 19 heavy (non-hydrogen) atoms. The third-order valence-corrected chi connectivity index (χ3v) is 3.42. The second-order valence-electron chi connectivity index (χ2n) is 4.54. The van der Waals surface area contributed by atoms with E-state index in [4.69, 9.17) is 5.73 Å². The zero-order valence-corrected chi connectivity index (χ0v) is 10.3. The molecular formula is C15H13FN2O. The van der Waals surface area contributed by atoms with Crippen LogP contribution in [-0.2, 0) is 6.42 Å². The average Bonchev–Trinajstić information content (AvgIpc) is 2.85. The third-order valence-electron chi connectivity index (χ3n) is 3.42. The van der Waals surface area contributed by atoms with E-state index in [1.54, 1.807) is 11.0 Å². The maximum absolute atomic E-state index is 13.4. The van der Waals surface area contributed by atoms with Crippen LogP contribution in [0.25, 0.3) is 0 Å². The van der Waals surface area contributed by atoms with Crippen molar-refractivity contribution in [1.29, 1.82) is 0 Å². The van der Waals surface area contributed by atoms with Crippen LogP contribution < -0.4 is 10.6 Å². The zero-order chi connectivity index (χ0) is 13.4. The largest absolute Gasteiger partial charge is 0.396 e. The van der Waals surface area contributed by atoms with Gasteiger partial charge in [0.2, 0.25) is 0 Å². The fourth-order valence-corrected chi connectivity index (χ4v) is 2.42. The number of halogens is 1. The van der Waals surface area contributed by atoms with E-state index in [2.05, 4.69) is 0 Å². The van der Waals surface area contributed by atoms with Crippen molar-refractivity contribution in [2.45, 2.75) is 6.42 Å². The van der Waals surface area contributed by atoms with E-state index < -0.39 is 5.82 Å². The molecule has 3 nitrogen and oxygen atoms in total. The van der Waals surface area contributed by atoms with Crippen molar-refractivity contribution in [3.05, 3.63) is 59.4 Å². The predicted octanol–water partition coefficient (Wildman–Crippen LogP) is 2.61. The summed E-state index contributed by atoms with van der Waals surface area (Å²) in [6.45, 7) is 0.605. The van der Waals surface area contributed by atoms with Gasteiger partial charge in [0.15, 0.2) is 0 Å². The zero-order valence-electron chi connectivity index (χ0n) is 10.3. The molecule has 0 atom stereocenters. The van der Waals surface area contributed by atoms with Crippen LogP contribution in [0.1, 0.15) is 15.9 Å². The molecule has 1 amide bonds. The molecule has 0 saturated heterocycles. The van der Waals surface area contributed by atoms with Gasteiger partial charge in [-0.15, -0.1) is 0 Å². The summed E-state index contributed by atoms with van der Waals surface area (Å²) in [5, 5.41) is 0. The molecule has 1 aliphatic rings. The lowest BCUT2D eigenvalue weighted by Gasteiger charge is -2.18. The first-order chi connectivity index (χ1) is 9.18. The molecule has 1 aliphatic heterocycles. The van der Waals surface area contributed by atoms with Crippen molar-refractivity contribution >= 4 is 17.3 Å². The summed E-state index contributed by atoms with van der Waals surface area (Å²) in [5.74, 6) is -0.805. The molecule has 2 N–H and O–H groups in total. The molecule has 4 heteroatoms. The van der Waals surface area contributed by atoms with E-state index in [0.717, 1.165) is 17.7 Å². The normalized spacial score (nSPS) is 13.4. The van der Waals surface area contributed by atoms with Gasteiger partial charge >= 0.3 is 0 Å². The molecule has 0 radical (unpaired) electrons. The van der Waals surface area contributed by atoms with Crippen molar-refractivity contribution in [2.24, 2.45) is 0 Å². The minimum atomic E-state index is -0.557. The first-order valence-electron chi connectivity index (χ1n) is 6.12. The number of para-hydroxylation sites is 2. The Balaban J connectivity index is 2.00. The molecule has 2 aromatic rings. The number of hydrogen-bond acceptors (Lipinski definition) is 2. The molecule has 0 aliphatic carbocycles. The van der Waals surface area contributed by atoms with E-state index in [1.807, 2.05) is 24.3 Å². The predicted molar refractivity (Wildman–Crippen MR) is 72.6 cm³/mol. The van der Waals surface area contributed by atoms with Gasteiger partial charge in [-0.2, -0.15) is 0 Å². The number of nitrogens with zero attached hydrogens (tertiary/aromatic N) is 1. The summed E-state index contributed by atoms with van der Waals surface area (Å²) in [4.78, 5) is 14.1. The second kappa shape index (κ2) is 4.39. The van der Waals surface area contributed by atoms with Gasteiger partial charge in [0, 0.05) is 12.2 Å². The number of carbonyl (C=O) groups is 1. The Hall–Kier alpha value is -2.36. The van der Waals surface area contributed by atoms with Crippen molar-refractivity contribution in [2.75, 3.05) is 17.2 Å². The number of rotatable bonds is 1. The highest BCUT2D eigenvalue weighted by Crippen LogP contribution is 2.30. The number of nitrogens with two attached hydrogens (primary N) is 1. The molecule has 2 aromatic carbocycles. The summed E-state index contributed by atoms with van der Waals surface area (Å²) in [5.41, 5.74) is 7.80. The minimum absolute atomic E-state index is 0.0862. The number of benzene rings is 2. The fraction of sp³-hybridized carbons (Fsp3) is 0.133. The second-order valence-corrected chi connectivity index (χ2v) is 4.54. The molecule has 0 spiro atoms. The lowest BCUT2D eigenvalue weighted by atomic mass is 10.1. The third kappa shape index (κ3) is 1.85. The number of fused-ring (bicyclic) bond motifs is 1. The quantitative estimate of drug-likeness (QED) is 0.797. The topological polar surface area (TPSA) is 46.3 Å². The standard InChI is InChI=1S/C15H13FN2O/c16-12-6-3-5-11(14(12)17)15(19)18-9-8-10-4-1-2-7-13(10)18/h1-7H,8-9,17H2. The molecule has 1 heterocycles. The highest BCUT2D eigenvalue weighted by atomic mass is 19.1. The van der Waals surface area contributed by atoms with Crippen LogP contribution in [0.2, 0.25) is 0 Å². The number of amides is 1. The Morgan fingerprint density at radius 3 is 2.79 bits per heavy atom. The number of anilines is 2. The van der Waals surface area contributed by atoms with Crippen LogP contribution in [0.4, 0.5) is 15.8 Å². The lowest BCUT2D eigenvalue weighted by Crippen LogP contribution is -2.29. The van der Waals surface area contributed by atoms with Gasteiger partial charge < -0.3 is 10.6 Å². The Bertz CT molecular complexity index is 654. The Labute approximate surface area is 110 Å². The molecule has 0 saturated carbocycles. The van der Waals surface area contributed by atoms with Crippen LogP contribution in [0, 0.1) is 5.82 Å². The molecule has 0 bridgehead atoms. The minimum Gasteiger partial charge on any atom is -0.396 e. The SMILES string of the molecule is Nc1c(F)cccc1C(=O)N1CCc2ccccc21. The summed E-state index contributed by atoms with van der Waals surface area (Å²) >= 11 is 0. The van der Waals surface area contributed by atoms with Crippen LogP contribution in [0.3, 0.4) is 0 Å². The van der Waals surface area contributed by atoms with Gasteiger partial charge in [-0.3, -0.25) is 4.79 Å². The summed E-state index contributed by atoms with van der Waals surface area (Å²) in [6, 6.07) is 12.0. The van der Waals surface area contributed by atoms with Gasteiger partial charge in [-0.05, 0) is 30.2 Å². The van der Waals surface area contributed by atoms with Crippen LogP contribution >= 0.6 is 0 Å². The highest BCUT2D eigenvalue weighted by molar-refractivity contribution is 6.10. The summed E-state index contributed by atoms with van der Waals surface area (Å²) in [6.07, 6.45) is 0.817. The monoisotopic (exact) mass is 256 g/mol. The average molecular weight is 256 g/mol. The maximum atomic E-state index is 13.4. The van der Waals surface area contributed by atoms with Crippen molar-refractivity contribution in [1.82, 2.24) is 0 Å². The van der Waals surface area contributed by atoms with E-state index in [-0.39, 0.29) is 17.2 Å². The Morgan fingerprint density at radius 1 is 1.16 bits per heavy atom. The van der Waals surface area contributed by atoms with Gasteiger partial charge in [0.1, 0.15) is 5.82 Å². The van der Waals surface area contributed by atoms with Gasteiger partial charge in [-0.1, -0.05) is 24.3 Å². The number of hydrogen-bond donors (Lipinski definition) is 1. The van der Waals surface area contributed by atoms with Crippen LogP contribution in [0.15, 0.2) is 42.5 Å². The van der Waals surface area contributed by atoms with Gasteiger partial charge in [-0.25, -0.2) is 4.39 Å². The van der Waals surface area contributed by atoms with Gasteiger partial charge in [0.05, 0.1) is 11.3 Å². The Morgan fingerprint density at radius 2 is 1.95 bits per heavy atom. The van der Waals surface area contributed by atoms with E-state index >= 15 is 0 Å². The highest BCUT2D eigenvalue weighted by Gasteiger charge is 2.26. The smallest absolute Gasteiger partial charge is 0.260 e. The maximum Gasteiger partial charge on any atom is 0.260 e. The molecular weight excluding hydrogens is 243 g/mol. The number of nitrogen functional groups attached to an aromatic ring is 1. The van der Waals surface area contributed by atoms with Crippen molar-refractivity contribution in [3.63, 3.8) is 0 Å². The molecule has 96 valence electrons. The van der Waals surface area contributed by atoms with E-state index in [1.165, 1.54) is 12.1 Å². The first kappa shape index (κ1) is 11.7. The fourth-order valence-electron chi connectivity index (χ4n) is 2.42. The molecule has 0 fully saturated rings. The summed E-state index contributed by atoms with van der Waals surface area (Å²) in [7, 11) is 0. The van der Waals surface area contributed by atoms with Gasteiger partial charge in [0.25, 0.3) is 5.91 Å². The van der Waals surface area contributed by atoms with Crippen LogP contribution in [-0.4, -0.2) is 12.5 Å². The molecule has 0 aromatic heterocycles. The first-order valence-corrected chi connectivity index (χ1v) is 6.12. The van der Waals surface area contributed by atoms with Crippen molar-refractivity contribution in [3.8, 4) is 0 Å². The summed E-state index contributed by atoms with van der Waals surface area (Å²) < 4.78 is 13.4. The lowest BCUT2D eigenvalue weighted by molar-refractivity contribution is 0.0990. The van der Waals surface area contributed by atoms with E-state index in [0.29, 0.717) is 6.54 Å². The Kier molecular flexibility index (Phi) is 2.71.